The Bertz CT molecular complexity index is 1810. The largest absolute Gasteiger partial charge is 0.252 e. The molecule has 0 atom stereocenters. The second-order valence-corrected chi connectivity index (χ2v) is 7.52. The van der Waals surface area contributed by atoms with Crippen LogP contribution in [0.25, 0.3) is 59.2 Å². The van der Waals surface area contributed by atoms with Crippen LogP contribution in [0.4, 0.5) is 0 Å². The zero-order valence-electron chi connectivity index (χ0n) is 21.4. The van der Waals surface area contributed by atoms with Gasteiger partial charge in [-0.05, 0) is 36.5 Å². The van der Waals surface area contributed by atoms with E-state index >= 15 is 0 Å². The summed E-state index contributed by atoms with van der Waals surface area (Å²) in [5, 5.41) is 54.2. The first-order chi connectivity index (χ1) is 20.6. The van der Waals surface area contributed by atoms with Gasteiger partial charge >= 0.3 is 0 Å². The molecule has 0 aliphatic carbocycles. The van der Waals surface area contributed by atoms with E-state index in [0.717, 1.165) is 0 Å². The zero-order valence-corrected chi connectivity index (χ0v) is 21.4. The van der Waals surface area contributed by atoms with Crippen molar-refractivity contribution in [3.8, 4) is 59.2 Å². The highest BCUT2D eigenvalue weighted by molar-refractivity contribution is 5.79. The van der Waals surface area contributed by atoms with Crippen LogP contribution in [0.1, 0.15) is 34.2 Å². The van der Waals surface area contributed by atoms with Crippen LogP contribution in [0, 0.1) is 68.0 Å². The number of nitriles is 6. The lowest BCUT2D eigenvalue weighted by molar-refractivity contribution is 1.08. The first-order valence-electron chi connectivity index (χ1n) is 11.6. The second kappa shape index (κ2) is 15.1. The van der Waals surface area contributed by atoms with Gasteiger partial charge in [-0.3, -0.25) is 9.97 Å². The summed E-state index contributed by atoms with van der Waals surface area (Å²) < 4.78 is 0. The maximum Gasteiger partial charge on any atom is 0.119 e. The average Bonchev–Trinajstić information content (AvgIpc) is 3.02. The van der Waals surface area contributed by atoms with E-state index in [9.17, 15) is 0 Å². The van der Waals surface area contributed by atoms with Crippen molar-refractivity contribution < 1.29 is 0 Å². The molecular formula is C30H14N12. The molecule has 0 saturated heterocycles. The highest BCUT2D eigenvalue weighted by Gasteiger charge is 2.20. The molecule has 0 spiro atoms. The van der Waals surface area contributed by atoms with Gasteiger partial charge in [0.1, 0.15) is 22.8 Å². The van der Waals surface area contributed by atoms with Crippen LogP contribution in [0.2, 0.25) is 0 Å². The maximum atomic E-state index is 9.11. The van der Waals surface area contributed by atoms with Gasteiger partial charge in [0, 0.05) is 36.5 Å². The van der Waals surface area contributed by atoms with E-state index in [1.807, 2.05) is 36.4 Å². The summed E-state index contributed by atoms with van der Waals surface area (Å²) >= 11 is 0. The number of aromatic nitrogens is 6. The molecule has 0 radical (unpaired) electrons. The first-order valence-corrected chi connectivity index (χ1v) is 11.6. The second-order valence-electron chi connectivity index (χ2n) is 7.52. The maximum absolute atomic E-state index is 9.11. The van der Waals surface area contributed by atoms with E-state index < -0.39 is 0 Å². The van der Waals surface area contributed by atoms with Crippen molar-refractivity contribution in [2.24, 2.45) is 0 Å². The molecule has 0 amide bonds. The molecule has 42 heavy (non-hydrogen) atoms. The third kappa shape index (κ3) is 7.35. The number of rotatable bonds is 8. The SMILES string of the molecule is N#C/C=C/c1ncc(-c2nc(/C=C/C#N)c(/C=C/C#N)nc2-c2cnc(/C=C/C#N)c(/C=C/C#N)n2)nc1/C=C/C#N. The molecule has 0 saturated carbocycles. The molecule has 3 rings (SSSR count). The van der Waals surface area contributed by atoms with Gasteiger partial charge in [-0.15, -0.1) is 0 Å². The summed E-state index contributed by atoms with van der Waals surface area (Å²) in [7, 11) is 0. The van der Waals surface area contributed by atoms with Crippen molar-refractivity contribution in [3.05, 3.63) is 83.0 Å². The van der Waals surface area contributed by atoms with E-state index in [1.54, 1.807) is 0 Å². The monoisotopic (exact) mass is 542 g/mol. The van der Waals surface area contributed by atoms with Crippen molar-refractivity contribution >= 4 is 36.5 Å². The number of hydrogen-bond donors (Lipinski definition) is 0. The van der Waals surface area contributed by atoms with Gasteiger partial charge in [0.15, 0.2) is 0 Å². The lowest BCUT2D eigenvalue weighted by Crippen LogP contribution is -2.05. The Morgan fingerprint density at radius 3 is 0.929 bits per heavy atom. The van der Waals surface area contributed by atoms with Crippen molar-refractivity contribution in [1.82, 2.24) is 29.9 Å². The highest BCUT2D eigenvalue weighted by atomic mass is 14.9. The minimum atomic E-state index is 0.168. The summed E-state index contributed by atoms with van der Waals surface area (Å²) in [5.74, 6) is 0. The Hall–Kier alpha value is -7.38. The summed E-state index contributed by atoms with van der Waals surface area (Å²) in [5.41, 5.74) is 2.37. The van der Waals surface area contributed by atoms with Crippen LogP contribution in [-0.4, -0.2) is 29.9 Å². The molecule has 0 aromatic carbocycles. The molecule has 3 aromatic heterocycles. The van der Waals surface area contributed by atoms with E-state index in [-0.39, 0.29) is 45.6 Å². The molecular weight excluding hydrogens is 528 g/mol. The molecule has 0 aliphatic heterocycles. The van der Waals surface area contributed by atoms with Crippen molar-refractivity contribution in [1.29, 1.82) is 31.6 Å². The van der Waals surface area contributed by atoms with Gasteiger partial charge < -0.3 is 0 Å². The molecule has 0 aliphatic rings. The molecule has 0 unspecified atom stereocenters. The fourth-order valence-corrected chi connectivity index (χ4v) is 3.32. The van der Waals surface area contributed by atoms with Crippen LogP contribution >= 0.6 is 0 Å². The Labute approximate surface area is 240 Å². The van der Waals surface area contributed by atoms with Gasteiger partial charge in [0.25, 0.3) is 0 Å². The highest BCUT2D eigenvalue weighted by Crippen LogP contribution is 2.30. The molecule has 3 aromatic rings. The van der Waals surface area contributed by atoms with Crippen molar-refractivity contribution in [2.45, 2.75) is 0 Å². The average molecular weight is 543 g/mol. The Morgan fingerprint density at radius 2 is 0.643 bits per heavy atom. The lowest BCUT2D eigenvalue weighted by atomic mass is 10.1. The smallest absolute Gasteiger partial charge is 0.119 e. The van der Waals surface area contributed by atoms with Gasteiger partial charge in [-0.1, -0.05) is 0 Å². The molecule has 0 fully saturated rings. The van der Waals surface area contributed by atoms with Gasteiger partial charge in [0.2, 0.25) is 0 Å². The number of nitrogens with zero attached hydrogens (tertiary/aromatic N) is 12. The molecule has 12 nitrogen and oxygen atoms in total. The minimum Gasteiger partial charge on any atom is -0.252 e. The Kier molecular flexibility index (Phi) is 10.5. The van der Waals surface area contributed by atoms with Crippen molar-refractivity contribution in [3.63, 3.8) is 0 Å². The summed E-state index contributed by atoms with van der Waals surface area (Å²) in [6.45, 7) is 0. The van der Waals surface area contributed by atoms with E-state index in [1.165, 1.54) is 85.3 Å². The predicted octanol–water partition coefficient (Wildman–Crippen LogP) is 4.61. The van der Waals surface area contributed by atoms with Gasteiger partial charge in [-0.2, -0.15) is 31.6 Å². The summed E-state index contributed by atoms with van der Waals surface area (Å²) in [4.78, 5) is 27.3. The van der Waals surface area contributed by atoms with E-state index in [0.29, 0.717) is 11.4 Å². The topological polar surface area (TPSA) is 220 Å². The van der Waals surface area contributed by atoms with Crippen LogP contribution in [0.15, 0.2) is 48.8 Å². The van der Waals surface area contributed by atoms with Crippen molar-refractivity contribution in [2.75, 3.05) is 0 Å². The molecule has 3 heterocycles. The fraction of sp³-hybridized carbons (Fsp3) is 0. The van der Waals surface area contributed by atoms with Gasteiger partial charge in [-0.25, -0.2) is 19.9 Å². The Balaban J connectivity index is 2.43. The normalized spacial score (nSPS) is 11.1. The standard InChI is InChI=1S/C30H14N12/c31-13-1-7-21-23(9-3-15-33)39-27(19-37-21)29-30(42-26(12-6-18-36)25(41-29)11-5-17-35)28-20-38-22(8-2-14-32)24(40-28)10-4-16-34/h1-12,19-20H/b7-1+,8-2+,9-3+,10-4+,11-5+,12-6+. The van der Waals surface area contributed by atoms with Gasteiger partial charge in [0.05, 0.1) is 83.0 Å². The molecule has 194 valence electrons. The Morgan fingerprint density at radius 1 is 0.381 bits per heavy atom. The van der Waals surface area contributed by atoms with Crippen LogP contribution in [-0.2, 0) is 0 Å². The lowest BCUT2D eigenvalue weighted by Gasteiger charge is -2.12. The van der Waals surface area contributed by atoms with E-state index in [2.05, 4.69) is 29.9 Å². The fourth-order valence-electron chi connectivity index (χ4n) is 3.32. The third-order valence-electron chi connectivity index (χ3n) is 4.99. The molecule has 12 heteroatoms. The molecule has 0 N–H and O–H groups in total. The third-order valence-corrected chi connectivity index (χ3v) is 4.99. The molecule has 0 bridgehead atoms. The van der Waals surface area contributed by atoms with Crippen LogP contribution < -0.4 is 0 Å². The van der Waals surface area contributed by atoms with Crippen LogP contribution in [0.3, 0.4) is 0 Å². The zero-order chi connectivity index (χ0) is 30.2. The first kappa shape index (κ1) is 29.2. The van der Waals surface area contributed by atoms with E-state index in [4.69, 9.17) is 31.6 Å². The quantitative estimate of drug-likeness (QED) is 0.356. The summed E-state index contributed by atoms with van der Waals surface area (Å²) in [6, 6.07) is 11.3. The summed E-state index contributed by atoms with van der Waals surface area (Å²) in [6.07, 6.45) is 18.5. The number of hydrogen-bond acceptors (Lipinski definition) is 12. The number of allylic oxidation sites excluding steroid dienone is 6. The minimum absolute atomic E-state index is 0.168. The van der Waals surface area contributed by atoms with Crippen LogP contribution in [0.5, 0.6) is 0 Å². The predicted molar refractivity (Wildman–Crippen MR) is 152 cm³/mol.